The number of anilines is 1. The first-order valence-corrected chi connectivity index (χ1v) is 17.5. The molecule has 11 nitrogen and oxygen atoms in total. The molecule has 0 bridgehead atoms. The maximum absolute atomic E-state index is 14.2. The average molecular weight is 742 g/mol. The van der Waals surface area contributed by atoms with Crippen molar-refractivity contribution in [3.05, 3.63) is 124 Å². The van der Waals surface area contributed by atoms with E-state index in [9.17, 15) is 32.8 Å². The summed E-state index contributed by atoms with van der Waals surface area (Å²) in [5, 5.41) is 17.4. The Labute approximate surface area is 312 Å². The highest BCUT2D eigenvalue weighted by Gasteiger charge is 2.36. The molecule has 1 N–H and O–H groups in total. The van der Waals surface area contributed by atoms with Crippen LogP contribution in [-0.4, -0.2) is 76.4 Å². The fraction of sp³-hybridized carbons (Fsp3) is 0.325. The van der Waals surface area contributed by atoms with Gasteiger partial charge in [0.15, 0.2) is 0 Å². The van der Waals surface area contributed by atoms with Crippen molar-refractivity contribution in [1.29, 1.82) is 5.26 Å². The SMILES string of the molecule is C=NN(/C(=C\C)c1c(C)n(-c2cccc(C(F)(F)F)c2)c(=O)n1C(=O)N[C@@H](C)C(=O)N1CCC([N+](C)(C)Cc2ccccc2)CC1)c1ccc(C#N)cc1. The lowest BCUT2D eigenvalue weighted by atomic mass is 10.00. The number of nitrogens with zero attached hydrogens (tertiary/aromatic N) is 7. The fourth-order valence-electron chi connectivity index (χ4n) is 7.11. The lowest BCUT2D eigenvalue weighted by Gasteiger charge is -2.43. The van der Waals surface area contributed by atoms with Gasteiger partial charge in [-0.05, 0) is 63.2 Å². The number of aromatic nitrogens is 2. The molecule has 1 atom stereocenters. The molecule has 0 spiro atoms. The third kappa shape index (κ3) is 8.16. The number of allylic oxidation sites excluding steroid dienone is 1. The standard InChI is InChI=1S/C40H43F3N8O3/c1-7-35(50(45-4)32-18-16-29(25-44)17-19-32)36-28(3)48(33-15-11-14-31(24-33)40(41,42)43)39(54)49(36)38(53)46-27(2)37(52)47-22-20-34(21-23-47)51(5,6)26-30-12-9-8-10-13-30/h7-19,24,27,34H,4,20-23,26H2,1-3,5-6H3/p+1/b35-7-/t27-/m0/s1. The topological polar surface area (TPSA) is 116 Å². The Kier molecular flexibility index (Phi) is 11.6. The zero-order valence-corrected chi connectivity index (χ0v) is 31.0. The van der Waals surface area contributed by atoms with Crippen molar-refractivity contribution in [2.75, 3.05) is 32.2 Å². The summed E-state index contributed by atoms with van der Waals surface area (Å²) >= 11 is 0. The van der Waals surface area contributed by atoms with Crippen molar-refractivity contribution < 1.29 is 27.2 Å². The molecule has 1 saturated heterocycles. The van der Waals surface area contributed by atoms with Crippen LogP contribution in [0.25, 0.3) is 11.4 Å². The number of benzene rings is 3. The molecular weight excluding hydrogens is 697 g/mol. The van der Waals surface area contributed by atoms with E-state index in [4.69, 9.17) is 0 Å². The number of rotatable bonds is 10. The summed E-state index contributed by atoms with van der Waals surface area (Å²) < 4.78 is 43.9. The summed E-state index contributed by atoms with van der Waals surface area (Å²) in [6, 6.07) is 21.1. The Bertz CT molecular complexity index is 2140. The van der Waals surface area contributed by atoms with E-state index in [1.807, 2.05) is 24.3 Å². The number of nitrogens with one attached hydrogen (secondary N) is 1. The number of carbonyl (C=O) groups excluding carboxylic acids is 2. The van der Waals surface area contributed by atoms with Crippen molar-refractivity contribution >= 4 is 30.0 Å². The van der Waals surface area contributed by atoms with Crippen molar-refractivity contribution in [3.8, 4) is 11.8 Å². The van der Waals surface area contributed by atoms with Gasteiger partial charge in [-0.15, -0.1) is 0 Å². The predicted octanol–water partition coefficient (Wildman–Crippen LogP) is 6.53. The Morgan fingerprint density at radius 1 is 1.07 bits per heavy atom. The lowest BCUT2D eigenvalue weighted by molar-refractivity contribution is -0.929. The van der Waals surface area contributed by atoms with Gasteiger partial charge in [0.05, 0.1) is 60.1 Å². The number of amides is 2. The van der Waals surface area contributed by atoms with Gasteiger partial charge < -0.3 is 14.7 Å². The van der Waals surface area contributed by atoms with Crippen molar-refractivity contribution in [2.45, 2.75) is 58.4 Å². The number of likely N-dealkylation sites (tertiary alicyclic amines) is 1. The van der Waals surface area contributed by atoms with E-state index in [2.05, 4.69) is 43.4 Å². The molecule has 4 aromatic rings. The highest BCUT2D eigenvalue weighted by Crippen LogP contribution is 2.33. The van der Waals surface area contributed by atoms with Gasteiger partial charge in [0, 0.05) is 38.2 Å². The van der Waals surface area contributed by atoms with Crippen LogP contribution in [0.4, 0.5) is 23.7 Å². The van der Waals surface area contributed by atoms with Gasteiger partial charge in [-0.1, -0.05) is 42.5 Å². The highest BCUT2D eigenvalue weighted by molar-refractivity contribution is 5.90. The summed E-state index contributed by atoms with van der Waals surface area (Å²) in [5.41, 5.74) is 0.320. The quantitative estimate of drug-likeness (QED) is 0.113. The largest absolute Gasteiger partial charge is 0.416 e. The molecule has 282 valence electrons. The van der Waals surface area contributed by atoms with Crippen LogP contribution in [0, 0.1) is 18.3 Å². The molecule has 3 aromatic carbocycles. The minimum absolute atomic E-state index is 0.00745. The first-order chi connectivity index (χ1) is 25.6. The first-order valence-electron chi connectivity index (χ1n) is 17.5. The predicted molar refractivity (Wildman–Crippen MR) is 202 cm³/mol. The maximum Gasteiger partial charge on any atom is 0.416 e. The fourth-order valence-corrected chi connectivity index (χ4v) is 7.11. The molecule has 0 saturated carbocycles. The number of carbonyl (C=O) groups is 2. The highest BCUT2D eigenvalue weighted by atomic mass is 19.4. The molecule has 0 aliphatic carbocycles. The van der Waals surface area contributed by atoms with E-state index in [1.54, 1.807) is 42.2 Å². The molecule has 1 aromatic heterocycles. The second kappa shape index (κ2) is 16.0. The van der Waals surface area contributed by atoms with Gasteiger partial charge in [0.2, 0.25) is 5.91 Å². The molecule has 14 heteroatoms. The van der Waals surface area contributed by atoms with Crippen LogP contribution in [0.1, 0.15) is 54.8 Å². The Morgan fingerprint density at radius 2 is 1.72 bits per heavy atom. The molecule has 1 aliphatic heterocycles. The first kappa shape index (κ1) is 39.3. The molecule has 2 amide bonds. The van der Waals surface area contributed by atoms with Crippen molar-refractivity contribution in [3.63, 3.8) is 0 Å². The molecule has 5 rings (SSSR count). The molecule has 0 unspecified atom stereocenters. The number of piperidine rings is 1. The Hall–Kier alpha value is -5.94. The summed E-state index contributed by atoms with van der Waals surface area (Å²) in [7, 11) is 4.37. The van der Waals surface area contributed by atoms with E-state index in [1.165, 1.54) is 36.6 Å². The minimum atomic E-state index is -4.69. The van der Waals surface area contributed by atoms with Gasteiger partial charge in [-0.2, -0.15) is 23.5 Å². The minimum Gasteiger partial charge on any atom is -0.340 e. The van der Waals surface area contributed by atoms with Crippen LogP contribution in [0.15, 0.2) is 94.8 Å². The number of hydrazone groups is 1. The molecule has 2 heterocycles. The normalized spacial score (nSPS) is 14.6. The van der Waals surface area contributed by atoms with E-state index in [0.717, 1.165) is 45.1 Å². The van der Waals surface area contributed by atoms with Gasteiger partial charge in [-0.25, -0.2) is 19.2 Å². The van der Waals surface area contributed by atoms with Crippen LogP contribution in [0.2, 0.25) is 0 Å². The van der Waals surface area contributed by atoms with E-state index >= 15 is 0 Å². The smallest absolute Gasteiger partial charge is 0.340 e. The summed E-state index contributed by atoms with van der Waals surface area (Å²) in [5.74, 6) is -0.322. The average Bonchev–Trinajstić information content (AvgIpc) is 3.42. The van der Waals surface area contributed by atoms with Gasteiger partial charge in [0.1, 0.15) is 18.3 Å². The Morgan fingerprint density at radius 3 is 2.30 bits per heavy atom. The third-order valence-electron chi connectivity index (χ3n) is 9.95. The summed E-state index contributed by atoms with van der Waals surface area (Å²) in [6.07, 6.45) is -1.59. The van der Waals surface area contributed by atoms with Crippen LogP contribution in [0.5, 0.6) is 0 Å². The number of alkyl halides is 3. The lowest BCUT2D eigenvalue weighted by Crippen LogP contribution is -2.56. The maximum atomic E-state index is 14.2. The van der Waals surface area contributed by atoms with Crippen LogP contribution >= 0.6 is 0 Å². The number of quaternary nitrogens is 1. The van der Waals surface area contributed by atoms with Gasteiger partial charge in [-0.3, -0.25) is 9.36 Å². The zero-order chi connectivity index (χ0) is 39.4. The van der Waals surface area contributed by atoms with E-state index in [-0.39, 0.29) is 28.7 Å². The number of hydrogen-bond donors (Lipinski definition) is 1. The van der Waals surface area contributed by atoms with Crippen LogP contribution in [-0.2, 0) is 17.5 Å². The second-order valence-electron chi connectivity index (χ2n) is 13.9. The molecular formula is C40H44F3N8O3+. The molecule has 0 radical (unpaired) electrons. The number of halogens is 3. The van der Waals surface area contributed by atoms with Crippen LogP contribution in [0.3, 0.4) is 0 Å². The monoisotopic (exact) mass is 741 g/mol. The number of imidazole rings is 1. The summed E-state index contributed by atoms with van der Waals surface area (Å²) in [4.78, 5) is 43.8. The Balaban J connectivity index is 1.46. The molecule has 54 heavy (non-hydrogen) atoms. The second-order valence-corrected chi connectivity index (χ2v) is 13.9. The third-order valence-corrected chi connectivity index (χ3v) is 9.95. The van der Waals surface area contributed by atoms with Gasteiger partial charge in [0.25, 0.3) is 0 Å². The van der Waals surface area contributed by atoms with E-state index in [0.29, 0.717) is 30.4 Å². The van der Waals surface area contributed by atoms with Crippen molar-refractivity contribution in [2.24, 2.45) is 5.10 Å². The number of nitriles is 1. The van der Waals surface area contributed by atoms with Crippen molar-refractivity contribution in [1.82, 2.24) is 19.4 Å². The van der Waals surface area contributed by atoms with E-state index < -0.39 is 29.5 Å². The molecule has 1 aliphatic rings. The number of hydrogen-bond acceptors (Lipinski definition) is 6. The van der Waals surface area contributed by atoms with Crippen LogP contribution < -0.4 is 16.0 Å². The summed E-state index contributed by atoms with van der Waals surface area (Å²) in [6.45, 7) is 10.2. The van der Waals surface area contributed by atoms with Gasteiger partial charge >= 0.3 is 17.9 Å². The molecule has 1 fully saturated rings. The zero-order valence-electron chi connectivity index (χ0n) is 31.0.